The normalized spacial score (nSPS) is 17.5. The standard InChI is InChI=1S/C20H18N2O5/c1-20(2)8-7-15-11(10-20)9-14(16(23)21-15)19(26)27-22-17(24)12-5-3-4-6-13(12)18(22)25/h3-6,9H,7-8,10H2,1-2H3,(H,21,23). The molecule has 0 unspecified atom stereocenters. The SMILES string of the molecule is CC1(C)CCc2[nH]c(=O)c(C(=O)ON3C(=O)c4ccccc4C3=O)cc2C1. The Morgan fingerprint density at radius 1 is 1.11 bits per heavy atom. The van der Waals surface area contributed by atoms with Crippen LogP contribution in [0.2, 0.25) is 0 Å². The fraction of sp³-hybridized carbons (Fsp3) is 0.300. The molecule has 0 atom stereocenters. The molecule has 1 aliphatic heterocycles. The number of carbonyl (C=O) groups is 3. The van der Waals surface area contributed by atoms with Crippen molar-refractivity contribution in [1.29, 1.82) is 0 Å². The lowest BCUT2D eigenvalue weighted by Crippen LogP contribution is -2.35. The maximum absolute atomic E-state index is 12.5. The van der Waals surface area contributed by atoms with E-state index in [0.717, 1.165) is 24.1 Å². The third-order valence-corrected chi connectivity index (χ3v) is 5.09. The number of hydroxylamine groups is 2. The highest BCUT2D eigenvalue weighted by atomic mass is 16.7. The summed E-state index contributed by atoms with van der Waals surface area (Å²) in [5.41, 5.74) is 1.28. The molecule has 1 aromatic carbocycles. The van der Waals surface area contributed by atoms with Gasteiger partial charge in [-0.25, -0.2) is 4.79 Å². The number of amides is 2. The van der Waals surface area contributed by atoms with Gasteiger partial charge >= 0.3 is 5.97 Å². The number of benzene rings is 1. The van der Waals surface area contributed by atoms with Crippen molar-refractivity contribution in [2.45, 2.75) is 33.1 Å². The number of nitrogens with one attached hydrogen (secondary N) is 1. The largest absolute Gasteiger partial charge is 0.369 e. The van der Waals surface area contributed by atoms with E-state index in [1.807, 2.05) is 0 Å². The molecule has 0 bridgehead atoms. The molecule has 1 aliphatic carbocycles. The molecule has 2 heterocycles. The Bertz CT molecular complexity index is 1020. The molecule has 7 nitrogen and oxygen atoms in total. The maximum Gasteiger partial charge on any atom is 0.369 e. The van der Waals surface area contributed by atoms with Crippen LogP contribution in [0.5, 0.6) is 0 Å². The number of aromatic nitrogens is 1. The summed E-state index contributed by atoms with van der Waals surface area (Å²) in [4.78, 5) is 57.2. The first-order valence-electron chi connectivity index (χ1n) is 8.72. The molecule has 7 heteroatoms. The van der Waals surface area contributed by atoms with Crippen molar-refractivity contribution in [2.75, 3.05) is 0 Å². The molecule has 0 radical (unpaired) electrons. The number of rotatable bonds is 2. The molecule has 0 fully saturated rings. The number of imide groups is 1. The van der Waals surface area contributed by atoms with Gasteiger partial charge in [-0.2, -0.15) is 0 Å². The Labute approximate surface area is 154 Å². The predicted octanol–water partition coefficient (Wildman–Crippen LogP) is 2.26. The molecular weight excluding hydrogens is 348 g/mol. The first-order valence-corrected chi connectivity index (χ1v) is 8.72. The van der Waals surface area contributed by atoms with Crippen LogP contribution in [0.4, 0.5) is 0 Å². The highest BCUT2D eigenvalue weighted by Crippen LogP contribution is 2.33. The van der Waals surface area contributed by atoms with Crippen LogP contribution < -0.4 is 5.56 Å². The van der Waals surface area contributed by atoms with Crippen molar-refractivity contribution >= 4 is 17.8 Å². The second-order valence-electron chi connectivity index (χ2n) is 7.69. The topological polar surface area (TPSA) is 96.5 Å². The van der Waals surface area contributed by atoms with Gasteiger partial charge in [0, 0.05) is 5.69 Å². The fourth-order valence-corrected chi connectivity index (χ4v) is 3.59. The van der Waals surface area contributed by atoms with Crippen LogP contribution in [-0.2, 0) is 17.7 Å². The number of hydrogen-bond acceptors (Lipinski definition) is 5. The smallest absolute Gasteiger partial charge is 0.325 e. The van der Waals surface area contributed by atoms with Crippen LogP contribution in [0, 0.1) is 5.41 Å². The molecule has 27 heavy (non-hydrogen) atoms. The molecule has 2 aromatic rings. The van der Waals surface area contributed by atoms with E-state index < -0.39 is 23.3 Å². The molecule has 0 spiro atoms. The van der Waals surface area contributed by atoms with Gasteiger partial charge in [-0.1, -0.05) is 31.0 Å². The second-order valence-corrected chi connectivity index (χ2v) is 7.69. The van der Waals surface area contributed by atoms with Crippen molar-refractivity contribution in [3.63, 3.8) is 0 Å². The van der Waals surface area contributed by atoms with E-state index in [9.17, 15) is 19.2 Å². The van der Waals surface area contributed by atoms with E-state index in [-0.39, 0.29) is 22.1 Å². The lowest BCUT2D eigenvalue weighted by Gasteiger charge is -2.31. The zero-order chi connectivity index (χ0) is 19.3. The molecular formula is C20H18N2O5. The number of nitrogens with zero attached hydrogens (tertiary/aromatic N) is 1. The third-order valence-electron chi connectivity index (χ3n) is 5.09. The minimum atomic E-state index is -1.03. The Morgan fingerprint density at radius 2 is 1.74 bits per heavy atom. The van der Waals surface area contributed by atoms with Gasteiger partial charge in [0.2, 0.25) is 0 Å². The third kappa shape index (κ3) is 2.85. The van der Waals surface area contributed by atoms with Crippen LogP contribution in [0.25, 0.3) is 0 Å². The van der Waals surface area contributed by atoms with Gasteiger partial charge in [0.15, 0.2) is 0 Å². The highest BCUT2D eigenvalue weighted by molar-refractivity contribution is 6.21. The molecule has 0 saturated carbocycles. The van der Waals surface area contributed by atoms with E-state index in [1.165, 1.54) is 18.2 Å². The van der Waals surface area contributed by atoms with Crippen LogP contribution in [-0.4, -0.2) is 27.8 Å². The van der Waals surface area contributed by atoms with Gasteiger partial charge in [-0.15, -0.1) is 0 Å². The van der Waals surface area contributed by atoms with Crippen LogP contribution in [0.1, 0.15) is 62.6 Å². The second kappa shape index (κ2) is 5.90. The lowest BCUT2D eigenvalue weighted by atomic mass is 9.76. The number of H-pyrrole nitrogens is 1. The van der Waals surface area contributed by atoms with Crippen molar-refractivity contribution in [3.05, 3.63) is 68.6 Å². The average molecular weight is 366 g/mol. The van der Waals surface area contributed by atoms with Crippen molar-refractivity contribution in [1.82, 2.24) is 10.0 Å². The summed E-state index contributed by atoms with van der Waals surface area (Å²) < 4.78 is 0. The van der Waals surface area contributed by atoms with Gasteiger partial charge in [0.05, 0.1) is 11.1 Å². The molecule has 1 N–H and O–H groups in total. The van der Waals surface area contributed by atoms with Crippen LogP contribution in [0.15, 0.2) is 35.1 Å². The first-order chi connectivity index (χ1) is 12.8. The number of aryl methyl sites for hydroxylation is 1. The monoisotopic (exact) mass is 366 g/mol. The first kappa shape index (κ1) is 17.2. The van der Waals surface area contributed by atoms with E-state index in [2.05, 4.69) is 18.8 Å². The maximum atomic E-state index is 12.5. The highest BCUT2D eigenvalue weighted by Gasteiger charge is 2.39. The zero-order valence-electron chi connectivity index (χ0n) is 15.0. The predicted molar refractivity (Wildman–Crippen MR) is 95.2 cm³/mol. The van der Waals surface area contributed by atoms with Crippen molar-refractivity contribution in [2.24, 2.45) is 5.41 Å². The summed E-state index contributed by atoms with van der Waals surface area (Å²) in [5.74, 6) is -2.48. The zero-order valence-corrected chi connectivity index (χ0v) is 15.0. The van der Waals surface area contributed by atoms with Crippen LogP contribution >= 0.6 is 0 Å². The lowest BCUT2D eigenvalue weighted by molar-refractivity contribution is -0.0586. The van der Waals surface area contributed by atoms with Crippen LogP contribution in [0.3, 0.4) is 0 Å². The molecule has 4 rings (SSSR count). The van der Waals surface area contributed by atoms with Gasteiger partial charge in [0.25, 0.3) is 17.4 Å². The van der Waals surface area contributed by atoms with E-state index in [0.29, 0.717) is 11.5 Å². The van der Waals surface area contributed by atoms with E-state index in [4.69, 9.17) is 4.84 Å². The van der Waals surface area contributed by atoms with Crippen molar-refractivity contribution in [3.8, 4) is 0 Å². The number of pyridine rings is 1. The quantitative estimate of drug-likeness (QED) is 0.823. The Hall–Kier alpha value is -3.22. The minimum Gasteiger partial charge on any atom is -0.325 e. The molecule has 1 aromatic heterocycles. The summed E-state index contributed by atoms with van der Waals surface area (Å²) in [6.07, 6.45) is 2.38. The average Bonchev–Trinajstić information content (AvgIpc) is 2.86. The number of carbonyl (C=O) groups excluding carboxylic acids is 3. The number of aromatic amines is 1. The summed E-state index contributed by atoms with van der Waals surface area (Å²) in [7, 11) is 0. The molecule has 0 saturated heterocycles. The Kier molecular flexibility index (Phi) is 3.76. The van der Waals surface area contributed by atoms with E-state index >= 15 is 0 Å². The Balaban J connectivity index is 1.62. The summed E-state index contributed by atoms with van der Waals surface area (Å²) in [6.45, 7) is 4.25. The summed E-state index contributed by atoms with van der Waals surface area (Å²) >= 11 is 0. The summed E-state index contributed by atoms with van der Waals surface area (Å²) in [6, 6.07) is 7.71. The Morgan fingerprint density at radius 3 is 2.37 bits per heavy atom. The van der Waals surface area contributed by atoms with E-state index in [1.54, 1.807) is 12.1 Å². The fourth-order valence-electron chi connectivity index (χ4n) is 3.59. The summed E-state index contributed by atoms with van der Waals surface area (Å²) in [5, 5.41) is 0.413. The number of hydrogen-bond donors (Lipinski definition) is 1. The van der Waals surface area contributed by atoms with Gasteiger partial charge in [0.1, 0.15) is 5.56 Å². The van der Waals surface area contributed by atoms with Gasteiger partial charge in [-0.3, -0.25) is 14.4 Å². The molecule has 2 aliphatic rings. The molecule has 2 amide bonds. The van der Waals surface area contributed by atoms with Gasteiger partial charge < -0.3 is 9.82 Å². The van der Waals surface area contributed by atoms with Crippen molar-refractivity contribution < 1.29 is 19.2 Å². The molecule has 138 valence electrons. The van der Waals surface area contributed by atoms with Gasteiger partial charge in [-0.05, 0) is 48.4 Å². The minimum absolute atomic E-state index is 0.0644. The number of fused-ring (bicyclic) bond motifs is 2.